The Morgan fingerprint density at radius 1 is 1.07 bits per heavy atom. The fourth-order valence-corrected chi connectivity index (χ4v) is 4.76. The van der Waals surface area contributed by atoms with Gasteiger partial charge < -0.3 is 4.74 Å². The molecular formula is C23H26FNO2. The average molecular weight is 367 g/mol. The summed E-state index contributed by atoms with van der Waals surface area (Å²) in [5, 5.41) is 0. The van der Waals surface area contributed by atoms with Gasteiger partial charge in [-0.25, -0.2) is 4.39 Å². The minimum atomic E-state index is -0.274. The van der Waals surface area contributed by atoms with E-state index in [1.165, 1.54) is 17.7 Å². The van der Waals surface area contributed by atoms with Gasteiger partial charge in [0.1, 0.15) is 5.82 Å². The Kier molecular flexibility index (Phi) is 5.11. The van der Waals surface area contributed by atoms with Gasteiger partial charge >= 0.3 is 0 Å². The normalized spacial score (nSPS) is 25.4. The molecule has 27 heavy (non-hydrogen) atoms. The van der Waals surface area contributed by atoms with Gasteiger partial charge in [0, 0.05) is 30.1 Å². The van der Waals surface area contributed by atoms with Crippen molar-refractivity contribution in [3.63, 3.8) is 0 Å². The average Bonchev–Trinajstić information content (AvgIpc) is 2.61. The molecule has 0 saturated carbocycles. The Labute approximate surface area is 160 Å². The van der Waals surface area contributed by atoms with Gasteiger partial charge in [0.05, 0.1) is 13.2 Å². The largest absolute Gasteiger partial charge is 0.378 e. The molecule has 2 fully saturated rings. The Morgan fingerprint density at radius 2 is 1.67 bits per heavy atom. The summed E-state index contributed by atoms with van der Waals surface area (Å²) in [6.07, 6.45) is 1.61. The lowest BCUT2D eigenvalue weighted by molar-refractivity contribution is -0.0872. The van der Waals surface area contributed by atoms with Crippen LogP contribution in [0.4, 0.5) is 4.39 Å². The van der Waals surface area contributed by atoms with Crippen molar-refractivity contribution in [3.8, 4) is 0 Å². The molecule has 2 aromatic rings. The van der Waals surface area contributed by atoms with Crippen molar-refractivity contribution in [2.24, 2.45) is 5.92 Å². The molecule has 3 nitrogen and oxygen atoms in total. The molecule has 0 aromatic heterocycles. The first-order chi connectivity index (χ1) is 13.0. The summed E-state index contributed by atoms with van der Waals surface area (Å²) in [5.41, 5.74) is 3.48. The van der Waals surface area contributed by atoms with Crippen LogP contribution < -0.4 is 0 Å². The molecule has 0 amide bonds. The van der Waals surface area contributed by atoms with E-state index < -0.39 is 0 Å². The molecule has 142 valence electrons. The molecule has 2 aromatic carbocycles. The zero-order valence-corrected chi connectivity index (χ0v) is 16.0. The number of hydrogen-bond donors (Lipinski definition) is 0. The minimum absolute atomic E-state index is 0.0150. The highest BCUT2D eigenvalue weighted by molar-refractivity contribution is 6.00. The number of halogens is 1. The summed E-state index contributed by atoms with van der Waals surface area (Å²) >= 11 is 0. The number of ether oxygens (including phenoxy) is 1. The molecule has 4 heteroatoms. The maximum atomic E-state index is 13.6. The summed E-state index contributed by atoms with van der Waals surface area (Å²) in [6.45, 7) is 5.91. The summed E-state index contributed by atoms with van der Waals surface area (Å²) < 4.78 is 19.4. The third-order valence-corrected chi connectivity index (χ3v) is 5.99. The summed E-state index contributed by atoms with van der Waals surface area (Å²) in [7, 11) is 0. The molecule has 2 heterocycles. The quantitative estimate of drug-likeness (QED) is 0.755. The third-order valence-electron chi connectivity index (χ3n) is 5.99. The van der Waals surface area contributed by atoms with Gasteiger partial charge in [-0.15, -0.1) is 0 Å². The maximum absolute atomic E-state index is 13.6. The van der Waals surface area contributed by atoms with Crippen LogP contribution in [0.1, 0.15) is 39.9 Å². The predicted octanol–water partition coefficient (Wildman–Crippen LogP) is 4.30. The number of carbonyl (C=O) groups excluding carboxylic acids is 1. The number of fused-ring (bicyclic) bond motifs is 2. The second-order valence-corrected chi connectivity index (χ2v) is 7.95. The second kappa shape index (κ2) is 7.53. The van der Waals surface area contributed by atoms with Gasteiger partial charge in [0.15, 0.2) is 5.78 Å². The zero-order valence-electron chi connectivity index (χ0n) is 16.0. The van der Waals surface area contributed by atoms with E-state index in [1.807, 2.05) is 19.9 Å². The monoisotopic (exact) mass is 367 g/mol. The van der Waals surface area contributed by atoms with Gasteiger partial charge in [0.2, 0.25) is 0 Å². The van der Waals surface area contributed by atoms with E-state index >= 15 is 0 Å². The van der Waals surface area contributed by atoms with Crippen molar-refractivity contribution in [3.05, 3.63) is 70.5 Å². The van der Waals surface area contributed by atoms with E-state index in [0.717, 1.165) is 30.5 Å². The first-order valence-electron chi connectivity index (χ1n) is 9.71. The molecule has 2 aliphatic rings. The lowest BCUT2D eigenvalue weighted by Crippen LogP contribution is -2.57. The van der Waals surface area contributed by atoms with E-state index in [2.05, 4.69) is 29.2 Å². The molecule has 0 spiro atoms. The highest BCUT2D eigenvalue weighted by Gasteiger charge is 2.41. The number of aryl methyl sites for hydroxylation is 2. The van der Waals surface area contributed by atoms with Crippen LogP contribution in [-0.2, 0) is 11.3 Å². The number of morpholine rings is 1. The standard InChI is InChI=1S/C23H26FNO2/c1-15-8-19(24)9-16(2)22(15)23(26)18-10-20-13-27-14-21(11-18)25(20)12-17-6-4-3-5-7-17/h3-9,18,20-21H,10-14H2,1-2H3. The molecule has 0 radical (unpaired) electrons. The lowest BCUT2D eigenvalue weighted by atomic mass is 9.79. The molecule has 0 aliphatic carbocycles. The summed E-state index contributed by atoms with van der Waals surface area (Å²) in [4.78, 5) is 15.8. The first-order valence-corrected chi connectivity index (χ1v) is 9.71. The molecule has 2 bridgehead atoms. The van der Waals surface area contributed by atoms with E-state index in [4.69, 9.17) is 4.74 Å². The molecule has 2 atom stereocenters. The van der Waals surface area contributed by atoms with Crippen LogP contribution in [0.25, 0.3) is 0 Å². The number of nitrogens with zero attached hydrogens (tertiary/aromatic N) is 1. The van der Waals surface area contributed by atoms with Crippen molar-refractivity contribution in [2.75, 3.05) is 13.2 Å². The number of rotatable bonds is 4. The molecule has 2 saturated heterocycles. The minimum Gasteiger partial charge on any atom is -0.378 e. The Balaban J connectivity index is 1.54. The van der Waals surface area contributed by atoms with E-state index in [1.54, 1.807) is 0 Å². The second-order valence-electron chi connectivity index (χ2n) is 7.95. The van der Waals surface area contributed by atoms with Gasteiger partial charge in [-0.3, -0.25) is 9.69 Å². The molecule has 0 N–H and O–H groups in total. The van der Waals surface area contributed by atoms with Crippen molar-refractivity contribution in [2.45, 2.75) is 45.3 Å². The maximum Gasteiger partial charge on any atom is 0.166 e. The topological polar surface area (TPSA) is 29.5 Å². The summed E-state index contributed by atoms with van der Waals surface area (Å²) in [5.74, 6) is -0.121. The fraction of sp³-hybridized carbons (Fsp3) is 0.435. The number of ketones is 1. The van der Waals surface area contributed by atoms with Crippen LogP contribution in [-0.4, -0.2) is 36.0 Å². The van der Waals surface area contributed by atoms with E-state index in [-0.39, 0.29) is 29.6 Å². The molecule has 2 unspecified atom stereocenters. The van der Waals surface area contributed by atoms with Gasteiger partial charge in [-0.05, 0) is 55.5 Å². The van der Waals surface area contributed by atoms with Crippen LogP contribution in [0, 0.1) is 25.6 Å². The number of piperidine rings is 1. The van der Waals surface area contributed by atoms with Crippen molar-refractivity contribution < 1.29 is 13.9 Å². The van der Waals surface area contributed by atoms with Crippen molar-refractivity contribution >= 4 is 5.78 Å². The van der Waals surface area contributed by atoms with E-state index in [9.17, 15) is 9.18 Å². The third kappa shape index (κ3) is 3.69. The van der Waals surface area contributed by atoms with Crippen LogP contribution in [0.5, 0.6) is 0 Å². The van der Waals surface area contributed by atoms with Crippen molar-refractivity contribution in [1.82, 2.24) is 4.90 Å². The summed E-state index contributed by atoms with van der Waals surface area (Å²) in [6, 6.07) is 13.9. The fourth-order valence-electron chi connectivity index (χ4n) is 4.76. The lowest BCUT2D eigenvalue weighted by Gasteiger charge is -2.48. The smallest absolute Gasteiger partial charge is 0.166 e. The molecule has 4 rings (SSSR count). The Morgan fingerprint density at radius 3 is 2.26 bits per heavy atom. The Bertz CT molecular complexity index is 799. The van der Waals surface area contributed by atoms with E-state index in [0.29, 0.717) is 18.8 Å². The van der Waals surface area contributed by atoms with Crippen LogP contribution >= 0.6 is 0 Å². The number of benzene rings is 2. The zero-order chi connectivity index (χ0) is 19.0. The highest BCUT2D eigenvalue weighted by Crippen LogP contribution is 2.35. The molecule has 2 aliphatic heterocycles. The van der Waals surface area contributed by atoms with Crippen LogP contribution in [0.3, 0.4) is 0 Å². The molecular weight excluding hydrogens is 341 g/mol. The van der Waals surface area contributed by atoms with Gasteiger partial charge in [-0.2, -0.15) is 0 Å². The number of carbonyl (C=O) groups is 1. The van der Waals surface area contributed by atoms with Crippen LogP contribution in [0.2, 0.25) is 0 Å². The number of hydrogen-bond acceptors (Lipinski definition) is 3. The number of Topliss-reactive ketones (excluding diaryl/α,β-unsaturated/α-hetero) is 1. The van der Waals surface area contributed by atoms with Crippen LogP contribution in [0.15, 0.2) is 42.5 Å². The first kappa shape index (κ1) is 18.3. The SMILES string of the molecule is Cc1cc(F)cc(C)c1C(=O)C1CC2COCC(C1)N2Cc1ccccc1. The van der Waals surface area contributed by atoms with Crippen molar-refractivity contribution in [1.29, 1.82) is 0 Å². The van der Waals surface area contributed by atoms with Gasteiger partial charge in [0.25, 0.3) is 0 Å². The highest BCUT2D eigenvalue weighted by atomic mass is 19.1. The Hall–Kier alpha value is -2.04. The predicted molar refractivity (Wildman–Crippen MR) is 103 cm³/mol. The van der Waals surface area contributed by atoms with Gasteiger partial charge in [-0.1, -0.05) is 30.3 Å².